The molecule has 4 heteroatoms. The van der Waals surface area contributed by atoms with Crippen LogP contribution in [0.5, 0.6) is 0 Å². The summed E-state index contributed by atoms with van der Waals surface area (Å²) in [7, 11) is 0. The molecule has 2 aromatic carbocycles. The van der Waals surface area contributed by atoms with Crippen molar-refractivity contribution in [1.82, 2.24) is 0 Å². The number of benzene rings is 2. The van der Waals surface area contributed by atoms with Crippen LogP contribution in [0.4, 0.5) is 11.4 Å². The molecule has 0 saturated heterocycles. The van der Waals surface area contributed by atoms with Gasteiger partial charge < -0.3 is 10.6 Å². The van der Waals surface area contributed by atoms with Crippen LogP contribution < -0.4 is 10.6 Å². The van der Waals surface area contributed by atoms with E-state index in [4.69, 9.17) is 6.42 Å². The first kappa shape index (κ1) is 14.9. The van der Waals surface area contributed by atoms with E-state index in [2.05, 4.69) is 16.6 Å². The number of carbonyl (C=O) groups is 2. The highest BCUT2D eigenvalue weighted by Crippen LogP contribution is 2.30. The number of carbonyl (C=O) groups excluding carboxylic acids is 2. The van der Waals surface area contributed by atoms with Crippen molar-refractivity contribution in [1.29, 1.82) is 0 Å². The van der Waals surface area contributed by atoms with Gasteiger partial charge in [-0.1, -0.05) is 12.0 Å². The highest BCUT2D eigenvalue weighted by Gasteiger charge is 2.29. The summed E-state index contributed by atoms with van der Waals surface area (Å²) in [6.07, 6.45) is 7.27. The lowest BCUT2D eigenvalue weighted by atomic mass is 10.1. The topological polar surface area (TPSA) is 58.2 Å². The van der Waals surface area contributed by atoms with Crippen molar-refractivity contribution in [3.63, 3.8) is 0 Å². The van der Waals surface area contributed by atoms with Crippen molar-refractivity contribution in [2.24, 2.45) is 5.92 Å². The van der Waals surface area contributed by atoms with E-state index < -0.39 is 0 Å². The van der Waals surface area contributed by atoms with Gasteiger partial charge in [-0.25, -0.2) is 0 Å². The van der Waals surface area contributed by atoms with E-state index in [9.17, 15) is 9.59 Å². The van der Waals surface area contributed by atoms with Crippen molar-refractivity contribution >= 4 is 23.2 Å². The van der Waals surface area contributed by atoms with Gasteiger partial charge >= 0.3 is 0 Å². The fourth-order valence-corrected chi connectivity index (χ4v) is 2.18. The number of hydrogen-bond acceptors (Lipinski definition) is 2. The van der Waals surface area contributed by atoms with Crippen LogP contribution in [0, 0.1) is 18.3 Å². The SMILES string of the molecule is C#Cc1cccc(NC(=O)c2ccc(NC(=O)C3CC3)cc2)c1. The Labute approximate surface area is 134 Å². The molecule has 0 radical (unpaired) electrons. The van der Waals surface area contributed by atoms with Crippen molar-refractivity contribution in [2.45, 2.75) is 12.8 Å². The molecular weight excluding hydrogens is 288 g/mol. The van der Waals surface area contributed by atoms with Crippen LogP contribution in [-0.4, -0.2) is 11.8 Å². The van der Waals surface area contributed by atoms with E-state index >= 15 is 0 Å². The van der Waals surface area contributed by atoms with Gasteiger partial charge in [0.15, 0.2) is 0 Å². The van der Waals surface area contributed by atoms with Crippen LogP contribution >= 0.6 is 0 Å². The Kier molecular flexibility index (Phi) is 4.11. The zero-order chi connectivity index (χ0) is 16.2. The van der Waals surface area contributed by atoms with Crippen LogP contribution in [0.3, 0.4) is 0 Å². The number of terminal acetylenes is 1. The van der Waals surface area contributed by atoms with Gasteiger partial charge in [0.1, 0.15) is 0 Å². The Hall–Kier alpha value is -3.06. The Bertz CT molecular complexity index is 784. The molecule has 2 aromatic rings. The van der Waals surface area contributed by atoms with Gasteiger partial charge in [0.05, 0.1) is 0 Å². The molecule has 114 valence electrons. The lowest BCUT2D eigenvalue weighted by molar-refractivity contribution is -0.117. The molecule has 1 aliphatic rings. The fraction of sp³-hybridized carbons (Fsp3) is 0.158. The summed E-state index contributed by atoms with van der Waals surface area (Å²) in [6.45, 7) is 0. The minimum absolute atomic E-state index is 0.0494. The van der Waals surface area contributed by atoms with E-state index in [1.54, 1.807) is 48.5 Å². The largest absolute Gasteiger partial charge is 0.326 e. The van der Waals surface area contributed by atoms with Crippen LogP contribution in [0.2, 0.25) is 0 Å². The summed E-state index contributed by atoms with van der Waals surface area (Å²) in [5.74, 6) is 2.51. The van der Waals surface area contributed by atoms with E-state index in [0.717, 1.165) is 12.8 Å². The van der Waals surface area contributed by atoms with Crippen molar-refractivity contribution in [3.8, 4) is 12.3 Å². The van der Waals surface area contributed by atoms with Gasteiger partial charge in [-0.2, -0.15) is 0 Å². The number of nitrogens with one attached hydrogen (secondary N) is 2. The molecule has 0 heterocycles. The van der Waals surface area contributed by atoms with E-state index in [1.165, 1.54) is 0 Å². The molecule has 3 rings (SSSR count). The van der Waals surface area contributed by atoms with Crippen molar-refractivity contribution in [3.05, 3.63) is 59.7 Å². The third kappa shape index (κ3) is 3.78. The second-order valence-corrected chi connectivity index (χ2v) is 5.52. The average molecular weight is 304 g/mol. The number of rotatable bonds is 4. The Morgan fingerprint density at radius 2 is 1.74 bits per heavy atom. The molecule has 4 nitrogen and oxygen atoms in total. The molecule has 2 amide bonds. The second-order valence-electron chi connectivity index (χ2n) is 5.52. The Morgan fingerprint density at radius 3 is 2.39 bits per heavy atom. The molecule has 1 aliphatic carbocycles. The van der Waals surface area contributed by atoms with Crippen LogP contribution in [0.25, 0.3) is 0 Å². The first-order valence-electron chi connectivity index (χ1n) is 7.44. The predicted molar refractivity (Wildman–Crippen MR) is 90.1 cm³/mol. The maximum absolute atomic E-state index is 12.2. The molecule has 0 aliphatic heterocycles. The Morgan fingerprint density at radius 1 is 1.00 bits per heavy atom. The average Bonchev–Trinajstić information content (AvgIpc) is 3.40. The lowest BCUT2D eigenvalue weighted by Gasteiger charge is -2.07. The molecule has 1 saturated carbocycles. The van der Waals surface area contributed by atoms with Gasteiger partial charge in [-0.3, -0.25) is 9.59 Å². The smallest absolute Gasteiger partial charge is 0.255 e. The summed E-state index contributed by atoms with van der Waals surface area (Å²) in [5, 5.41) is 5.64. The van der Waals surface area contributed by atoms with Gasteiger partial charge in [0.25, 0.3) is 5.91 Å². The second kappa shape index (κ2) is 6.37. The molecule has 0 aromatic heterocycles. The summed E-state index contributed by atoms with van der Waals surface area (Å²) >= 11 is 0. The molecule has 0 atom stereocenters. The predicted octanol–water partition coefficient (Wildman–Crippen LogP) is 3.27. The molecule has 0 spiro atoms. The highest BCUT2D eigenvalue weighted by molar-refractivity contribution is 6.04. The number of amides is 2. The van der Waals surface area contributed by atoms with E-state index in [-0.39, 0.29) is 17.7 Å². The van der Waals surface area contributed by atoms with Crippen LogP contribution in [-0.2, 0) is 4.79 Å². The third-order valence-electron chi connectivity index (χ3n) is 3.65. The minimum Gasteiger partial charge on any atom is -0.326 e. The van der Waals surface area contributed by atoms with Crippen molar-refractivity contribution in [2.75, 3.05) is 10.6 Å². The quantitative estimate of drug-likeness (QED) is 0.852. The third-order valence-corrected chi connectivity index (χ3v) is 3.65. The zero-order valence-corrected chi connectivity index (χ0v) is 12.5. The molecule has 0 bridgehead atoms. The standard InChI is InChI=1S/C19H16N2O2/c1-2-13-4-3-5-17(12-13)21-19(23)15-8-10-16(11-9-15)20-18(22)14-6-7-14/h1,3-5,8-12,14H,6-7H2,(H,20,22)(H,21,23). The lowest BCUT2D eigenvalue weighted by Crippen LogP contribution is -2.14. The van der Waals surface area contributed by atoms with E-state index in [0.29, 0.717) is 22.5 Å². The monoisotopic (exact) mass is 304 g/mol. The summed E-state index contributed by atoms with van der Waals surface area (Å²) in [5.41, 5.74) is 2.57. The summed E-state index contributed by atoms with van der Waals surface area (Å²) in [6, 6.07) is 13.9. The van der Waals surface area contributed by atoms with Crippen molar-refractivity contribution < 1.29 is 9.59 Å². The van der Waals surface area contributed by atoms with E-state index in [1.807, 2.05) is 0 Å². The fourth-order valence-electron chi connectivity index (χ4n) is 2.18. The summed E-state index contributed by atoms with van der Waals surface area (Å²) in [4.78, 5) is 23.9. The first-order valence-corrected chi connectivity index (χ1v) is 7.44. The minimum atomic E-state index is -0.223. The molecule has 1 fully saturated rings. The molecular formula is C19H16N2O2. The Balaban J connectivity index is 1.65. The molecule has 2 N–H and O–H groups in total. The van der Waals surface area contributed by atoms with Crippen LogP contribution in [0.15, 0.2) is 48.5 Å². The first-order chi connectivity index (χ1) is 11.2. The highest BCUT2D eigenvalue weighted by atomic mass is 16.2. The maximum atomic E-state index is 12.2. The molecule has 23 heavy (non-hydrogen) atoms. The van der Waals surface area contributed by atoms with Gasteiger partial charge in [-0.05, 0) is 55.3 Å². The number of anilines is 2. The zero-order valence-electron chi connectivity index (χ0n) is 12.5. The van der Waals surface area contributed by atoms with Gasteiger partial charge in [-0.15, -0.1) is 6.42 Å². The molecule has 0 unspecified atom stereocenters. The maximum Gasteiger partial charge on any atom is 0.255 e. The van der Waals surface area contributed by atoms with Gasteiger partial charge in [0, 0.05) is 28.4 Å². The normalized spacial score (nSPS) is 13.0. The summed E-state index contributed by atoms with van der Waals surface area (Å²) < 4.78 is 0. The van der Waals surface area contributed by atoms with Gasteiger partial charge in [0.2, 0.25) is 5.91 Å². The van der Waals surface area contributed by atoms with Crippen LogP contribution in [0.1, 0.15) is 28.8 Å². The number of hydrogen-bond donors (Lipinski definition) is 2.